The topological polar surface area (TPSA) is 96.7 Å². The number of nitrogens with one attached hydrogen (secondary N) is 2. The normalized spacial score (nSPS) is 14.1. The summed E-state index contributed by atoms with van der Waals surface area (Å²) in [5.41, 5.74) is 10.7. The number of nitrogens with two attached hydrogens (primary N) is 1. The molecule has 1 aliphatic heterocycles. The fourth-order valence-corrected chi connectivity index (χ4v) is 5.45. The number of morpholine rings is 1. The van der Waals surface area contributed by atoms with Crippen LogP contribution in [0, 0.1) is 0 Å². The van der Waals surface area contributed by atoms with Gasteiger partial charge in [-0.1, -0.05) is 80.9 Å². The zero-order valence-electron chi connectivity index (χ0n) is 23.6. The fraction of sp³-hybridized carbons (Fsp3) is 0.273. The molecule has 3 amide bonds. The Morgan fingerprint density at radius 2 is 1.56 bits per heavy atom. The van der Waals surface area contributed by atoms with Crippen molar-refractivity contribution in [3.8, 4) is 11.1 Å². The maximum absolute atomic E-state index is 13.2. The number of hydrogen-bond acceptors (Lipinski definition) is 4. The fourth-order valence-electron chi connectivity index (χ4n) is 5.14. The number of fused-ring (bicyclic) bond motifs is 1. The minimum absolute atomic E-state index is 0.170. The van der Waals surface area contributed by atoms with Crippen molar-refractivity contribution >= 4 is 45.7 Å². The van der Waals surface area contributed by atoms with Gasteiger partial charge >= 0.3 is 6.03 Å². The Morgan fingerprint density at radius 1 is 0.878 bits per heavy atom. The van der Waals surface area contributed by atoms with E-state index in [1.54, 1.807) is 12.1 Å². The Morgan fingerprint density at radius 3 is 2.24 bits per heavy atom. The molecule has 0 unspecified atom stereocenters. The molecule has 1 saturated heterocycles. The molecule has 0 aromatic heterocycles. The summed E-state index contributed by atoms with van der Waals surface area (Å²) in [4.78, 5) is 27.6. The first-order valence-corrected chi connectivity index (χ1v) is 14.1. The molecule has 0 spiro atoms. The van der Waals surface area contributed by atoms with Crippen molar-refractivity contribution in [3.05, 3.63) is 94.5 Å². The molecule has 1 heterocycles. The van der Waals surface area contributed by atoms with Crippen LogP contribution in [0.1, 0.15) is 42.3 Å². The van der Waals surface area contributed by atoms with E-state index in [2.05, 4.69) is 48.4 Å². The third-order valence-electron chi connectivity index (χ3n) is 7.41. The van der Waals surface area contributed by atoms with Crippen LogP contribution in [0.15, 0.2) is 72.8 Å². The second kappa shape index (κ2) is 11.9. The first-order valence-electron chi connectivity index (χ1n) is 13.7. The van der Waals surface area contributed by atoms with Crippen molar-refractivity contribution in [2.24, 2.45) is 5.73 Å². The molecule has 5 rings (SSSR count). The van der Waals surface area contributed by atoms with Gasteiger partial charge in [-0.15, -0.1) is 0 Å². The van der Waals surface area contributed by atoms with Gasteiger partial charge in [0, 0.05) is 35.6 Å². The van der Waals surface area contributed by atoms with Crippen LogP contribution < -0.4 is 16.4 Å². The van der Waals surface area contributed by atoms with Gasteiger partial charge in [-0.2, -0.15) is 0 Å². The number of halogens is 1. The number of ether oxygens (including phenoxy) is 1. The zero-order valence-corrected chi connectivity index (χ0v) is 24.3. The summed E-state index contributed by atoms with van der Waals surface area (Å²) < 4.78 is 5.46. The summed E-state index contributed by atoms with van der Waals surface area (Å²) in [5.74, 6) is -0.608. The molecule has 0 radical (unpaired) electrons. The quantitative estimate of drug-likeness (QED) is 0.232. The number of carbonyl (C=O) groups excluding carboxylic acids is 2. The highest BCUT2D eigenvalue weighted by molar-refractivity contribution is 6.34. The van der Waals surface area contributed by atoms with Gasteiger partial charge in [0.15, 0.2) is 0 Å². The van der Waals surface area contributed by atoms with Crippen LogP contribution in [0.2, 0.25) is 5.02 Å². The average Bonchev–Trinajstić information content (AvgIpc) is 2.93. The molecule has 1 aliphatic rings. The van der Waals surface area contributed by atoms with E-state index in [-0.39, 0.29) is 11.0 Å². The van der Waals surface area contributed by atoms with Crippen LogP contribution in [0.25, 0.3) is 21.9 Å². The van der Waals surface area contributed by atoms with E-state index >= 15 is 0 Å². The van der Waals surface area contributed by atoms with Gasteiger partial charge in [-0.25, -0.2) is 4.79 Å². The summed E-state index contributed by atoms with van der Waals surface area (Å²) in [6.07, 6.45) is 0. The van der Waals surface area contributed by atoms with Crippen molar-refractivity contribution in [3.63, 3.8) is 0 Å². The molecule has 0 aliphatic carbocycles. The molecule has 7 nitrogen and oxygen atoms in total. The highest BCUT2D eigenvalue weighted by Gasteiger charge is 2.19. The van der Waals surface area contributed by atoms with Gasteiger partial charge in [0.1, 0.15) is 0 Å². The lowest BCUT2D eigenvalue weighted by Gasteiger charge is -2.26. The molecule has 4 aromatic carbocycles. The Balaban J connectivity index is 1.41. The number of benzene rings is 4. The lowest BCUT2D eigenvalue weighted by atomic mass is 9.86. The summed E-state index contributed by atoms with van der Waals surface area (Å²) >= 11 is 6.82. The second-order valence-corrected chi connectivity index (χ2v) is 11.8. The number of amides is 3. The summed E-state index contributed by atoms with van der Waals surface area (Å²) in [7, 11) is 0. The molecule has 0 saturated carbocycles. The van der Waals surface area contributed by atoms with Crippen LogP contribution in [0.5, 0.6) is 0 Å². The van der Waals surface area contributed by atoms with E-state index in [4.69, 9.17) is 22.1 Å². The second-order valence-electron chi connectivity index (χ2n) is 11.4. The Labute approximate surface area is 245 Å². The van der Waals surface area contributed by atoms with Crippen LogP contribution in [-0.4, -0.2) is 43.1 Å². The molecular weight excluding hydrogens is 536 g/mol. The van der Waals surface area contributed by atoms with Crippen molar-refractivity contribution in [2.45, 2.75) is 32.7 Å². The molecule has 212 valence electrons. The zero-order chi connectivity index (χ0) is 29.1. The molecule has 8 heteroatoms. The first kappa shape index (κ1) is 28.6. The van der Waals surface area contributed by atoms with E-state index < -0.39 is 11.9 Å². The van der Waals surface area contributed by atoms with Crippen molar-refractivity contribution in [1.82, 2.24) is 4.90 Å². The van der Waals surface area contributed by atoms with Gasteiger partial charge in [0.05, 0.1) is 30.2 Å². The first-order chi connectivity index (χ1) is 19.6. The maximum Gasteiger partial charge on any atom is 0.323 e. The number of rotatable bonds is 6. The standard InChI is InChI=1S/C33H35ClN4O3/c1-33(2,3)22-9-11-27(31(35)39)30(19-22)37-32(40)36-29-13-12-24(23-6-4-5-7-26(23)29)25-10-8-21(18-28(25)34)20-38-14-16-41-17-15-38/h4-13,18-19H,14-17,20H2,1-3H3,(H2,35,39)(H2,36,37,40). The molecule has 0 bridgehead atoms. The smallest absolute Gasteiger partial charge is 0.323 e. The highest BCUT2D eigenvalue weighted by atomic mass is 35.5. The Hall–Kier alpha value is -3.91. The summed E-state index contributed by atoms with van der Waals surface area (Å²) in [6.45, 7) is 10.4. The summed E-state index contributed by atoms with van der Waals surface area (Å²) in [6, 6.07) is 22.8. The Kier molecular flexibility index (Phi) is 8.31. The lowest BCUT2D eigenvalue weighted by Crippen LogP contribution is -2.35. The number of carbonyl (C=O) groups is 2. The van der Waals surface area contributed by atoms with E-state index in [1.807, 2.05) is 48.5 Å². The van der Waals surface area contributed by atoms with Gasteiger partial charge in [-0.05, 0) is 51.8 Å². The van der Waals surface area contributed by atoms with Crippen LogP contribution in [-0.2, 0) is 16.7 Å². The van der Waals surface area contributed by atoms with Crippen LogP contribution >= 0.6 is 11.6 Å². The number of anilines is 2. The molecule has 4 N–H and O–H groups in total. The largest absolute Gasteiger partial charge is 0.379 e. The number of urea groups is 1. The number of primary amides is 1. The van der Waals surface area contributed by atoms with E-state index in [0.717, 1.165) is 65.9 Å². The minimum Gasteiger partial charge on any atom is -0.379 e. The molecule has 4 aromatic rings. The van der Waals surface area contributed by atoms with E-state index in [1.165, 1.54) is 0 Å². The highest BCUT2D eigenvalue weighted by Crippen LogP contribution is 2.37. The van der Waals surface area contributed by atoms with E-state index in [0.29, 0.717) is 16.4 Å². The summed E-state index contributed by atoms with van der Waals surface area (Å²) in [5, 5.41) is 8.29. The lowest BCUT2D eigenvalue weighted by molar-refractivity contribution is 0.0342. The molecule has 41 heavy (non-hydrogen) atoms. The van der Waals surface area contributed by atoms with Crippen LogP contribution in [0.4, 0.5) is 16.2 Å². The Bertz CT molecular complexity index is 1610. The predicted octanol–water partition coefficient (Wildman–Crippen LogP) is 7.03. The van der Waals surface area contributed by atoms with Crippen molar-refractivity contribution < 1.29 is 14.3 Å². The monoisotopic (exact) mass is 570 g/mol. The van der Waals surface area contributed by atoms with Crippen LogP contribution in [0.3, 0.4) is 0 Å². The third-order valence-corrected chi connectivity index (χ3v) is 7.72. The van der Waals surface area contributed by atoms with E-state index in [9.17, 15) is 9.59 Å². The van der Waals surface area contributed by atoms with Gasteiger partial charge in [0.25, 0.3) is 5.91 Å². The SMILES string of the molecule is CC(C)(C)c1ccc(C(N)=O)c(NC(=O)Nc2ccc(-c3ccc(CN4CCOCC4)cc3Cl)c3ccccc23)c1. The third kappa shape index (κ3) is 6.54. The number of nitrogens with zero attached hydrogens (tertiary/aromatic N) is 1. The average molecular weight is 571 g/mol. The van der Waals surface area contributed by atoms with Crippen molar-refractivity contribution in [2.75, 3.05) is 36.9 Å². The molecule has 0 atom stereocenters. The maximum atomic E-state index is 13.2. The van der Waals surface area contributed by atoms with Gasteiger partial charge < -0.3 is 21.1 Å². The number of hydrogen-bond donors (Lipinski definition) is 3. The predicted molar refractivity (Wildman–Crippen MR) is 167 cm³/mol. The molecule has 1 fully saturated rings. The molecular formula is C33H35ClN4O3. The minimum atomic E-state index is -0.608. The van der Waals surface area contributed by atoms with Gasteiger partial charge in [0.2, 0.25) is 0 Å². The van der Waals surface area contributed by atoms with Crippen molar-refractivity contribution in [1.29, 1.82) is 0 Å². The van der Waals surface area contributed by atoms with Gasteiger partial charge in [-0.3, -0.25) is 9.69 Å².